The molecule has 2 aromatic carbocycles. The number of benzene rings is 2. The van der Waals surface area contributed by atoms with E-state index in [2.05, 4.69) is 36.9 Å². The summed E-state index contributed by atoms with van der Waals surface area (Å²) in [6.45, 7) is 3.85. The lowest BCUT2D eigenvalue weighted by molar-refractivity contribution is -0.116. The minimum absolute atomic E-state index is 0.139. The van der Waals surface area contributed by atoms with Crippen LogP contribution in [-0.2, 0) is 4.79 Å². The van der Waals surface area contributed by atoms with Crippen molar-refractivity contribution in [2.75, 3.05) is 10.7 Å². The van der Waals surface area contributed by atoms with Gasteiger partial charge in [-0.05, 0) is 37.6 Å². The molecule has 1 aliphatic heterocycles. The third-order valence-electron chi connectivity index (χ3n) is 4.48. The first kappa shape index (κ1) is 18.9. The van der Waals surface area contributed by atoms with Gasteiger partial charge in [0.25, 0.3) is 0 Å². The number of halogens is 2. The van der Waals surface area contributed by atoms with Crippen LogP contribution < -0.4 is 10.7 Å². The monoisotopic (exact) mass is 461 g/mol. The van der Waals surface area contributed by atoms with E-state index in [1.54, 1.807) is 10.7 Å². The molecule has 0 saturated heterocycles. The van der Waals surface area contributed by atoms with Crippen LogP contribution in [0.25, 0.3) is 0 Å². The molecule has 2 heterocycles. The van der Waals surface area contributed by atoms with Crippen LogP contribution in [0.3, 0.4) is 0 Å². The average molecular weight is 462 g/mol. The smallest absolute Gasteiger partial charge is 0.240 e. The third-order valence-corrected chi connectivity index (χ3v) is 6.19. The maximum absolute atomic E-state index is 14.2. The fourth-order valence-electron chi connectivity index (χ4n) is 2.98. The van der Waals surface area contributed by atoms with E-state index in [-0.39, 0.29) is 17.6 Å². The van der Waals surface area contributed by atoms with Crippen LogP contribution in [0.1, 0.15) is 23.0 Å². The first-order valence-corrected chi connectivity index (χ1v) is 10.3. The summed E-state index contributed by atoms with van der Waals surface area (Å²) in [7, 11) is 0. The highest BCUT2D eigenvalue weighted by molar-refractivity contribution is 9.10. The van der Waals surface area contributed by atoms with Crippen molar-refractivity contribution in [1.82, 2.24) is 14.9 Å². The van der Waals surface area contributed by atoms with Crippen LogP contribution in [-0.4, -0.2) is 26.0 Å². The highest BCUT2D eigenvalue weighted by Crippen LogP contribution is 2.37. The standard InChI is InChI=1S/C19H17BrFN5OS/c1-10-3-5-12(6-4-10)16-17(28-19-24-23-11(2)26(19)25-16)18(27)22-15-8-7-13(20)9-14(15)21/h3-9,16-17,25H,1-2H3,(H,22,27)/t16-,17-/m1/s1. The lowest BCUT2D eigenvalue weighted by Crippen LogP contribution is -2.41. The van der Waals surface area contributed by atoms with Crippen molar-refractivity contribution < 1.29 is 9.18 Å². The van der Waals surface area contributed by atoms with E-state index in [0.717, 1.165) is 11.1 Å². The van der Waals surface area contributed by atoms with Gasteiger partial charge in [0, 0.05) is 4.47 Å². The van der Waals surface area contributed by atoms with Gasteiger partial charge in [-0.25, -0.2) is 9.07 Å². The molecule has 0 bridgehead atoms. The van der Waals surface area contributed by atoms with Crippen LogP contribution in [0.4, 0.5) is 10.1 Å². The van der Waals surface area contributed by atoms with Gasteiger partial charge in [-0.3, -0.25) is 4.79 Å². The summed E-state index contributed by atoms with van der Waals surface area (Å²) in [5.41, 5.74) is 5.55. The molecule has 0 saturated carbocycles. The summed E-state index contributed by atoms with van der Waals surface area (Å²) in [6.07, 6.45) is 0. The van der Waals surface area contributed by atoms with E-state index < -0.39 is 11.1 Å². The molecular formula is C19H17BrFN5OS. The number of anilines is 1. The van der Waals surface area contributed by atoms with E-state index in [4.69, 9.17) is 0 Å². The van der Waals surface area contributed by atoms with Gasteiger partial charge < -0.3 is 10.7 Å². The summed E-state index contributed by atoms with van der Waals surface area (Å²) >= 11 is 4.53. The van der Waals surface area contributed by atoms with Crippen LogP contribution in [0.15, 0.2) is 52.1 Å². The molecular weight excluding hydrogens is 445 g/mol. The summed E-state index contributed by atoms with van der Waals surface area (Å²) < 4.78 is 16.6. The fraction of sp³-hybridized carbons (Fsp3) is 0.211. The fourth-order valence-corrected chi connectivity index (χ4v) is 4.44. The highest BCUT2D eigenvalue weighted by Gasteiger charge is 2.37. The molecule has 144 valence electrons. The zero-order valence-electron chi connectivity index (χ0n) is 15.1. The van der Waals surface area contributed by atoms with E-state index in [0.29, 0.717) is 15.5 Å². The predicted molar refractivity (Wildman–Crippen MR) is 110 cm³/mol. The summed E-state index contributed by atoms with van der Waals surface area (Å²) in [6, 6.07) is 12.2. The Morgan fingerprint density at radius 2 is 1.96 bits per heavy atom. The Bertz CT molecular complexity index is 1040. The van der Waals surface area contributed by atoms with Crippen molar-refractivity contribution in [3.8, 4) is 0 Å². The number of rotatable bonds is 3. The van der Waals surface area contributed by atoms with Crippen molar-refractivity contribution in [3.63, 3.8) is 0 Å². The quantitative estimate of drug-likeness (QED) is 0.611. The number of nitrogens with zero attached hydrogens (tertiary/aromatic N) is 3. The Morgan fingerprint density at radius 3 is 2.68 bits per heavy atom. The van der Waals surface area contributed by atoms with E-state index >= 15 is 0 Å². The maximum atomic E-state index is 14.2. The molecule has 1 amide bonds. The van der Waals surface area contributed by atoms with Crippen molar-refractivity contribution in [1.29, 1.82) is 0 Å². The van der Waals surface area contributed by atoms with Gasteiger partial charge in [0.15, 0.2) is 0 Å². The number of carbonyl (C=O) groups excluding carboxylic acids is 1. The second kappa shape index (κ2) is 7.56. The molecule has 1 aromatic heterocycles. The van der Waals surface area contributed by atoms with Gasteiger partial charge in [0.05, 0.1) is 11.7 Å². The predicted octanol–water partition coefficient (Wildman–Crippen LogP) is 4.19. The van der Waals surface area contributed by atoms with Gasteiger partial charge >= 0.3 is 0 Å². The summed E-state index contributed by atoms with van der Waals surface area (Å²) in [5.74, 6) is -0.101. The zero-order chi connectivity index (χ0) is 19.8. The minimum Gasteiger partial charge on any atom is -0.323 e. The second-order valence-electron chi connectivity index (χ2n) is 6.53. The van der Waals surface area contributed by atoms with Crippen molar-refractivity contribution in [2.45, 2.75) is 30.3 Å². The Morgan fingerprint density at radius 1 is 1.21 bits per heavy atom. The van der Waals surface area contributed by atoms with Crippen molar-refractivity contribution >= 4 is 39.3 Å². The minimum atomic E-state index is -0.554. The lowest BCUT2D eigenvalue weighted by atomic mass is 10.0. The zero-order valence-corrected chi connectivity index (χ0v) is 17.5. The summed E-state index contributed by atoms with van der Waals surface area (Å²) in [4.78, 5) is 13.1. The molecule has 3 aromatic rings. The number of nitrogens with one attached hydrogen (secondary N) is 2. The van der Waals surface area contributed by atoms with E-state index in [9.17, 15) is 9.18 Å². The van der Waals surface area contributed by atoms with Crippen LogP contribution in [0, 0.1) is 19.7 Å². The van der Waals surface area contributed by atoms with Crippen LogP contribution >= 0.6 is 27.7 Å². The largest absolute Gasteiger partial charge is 0.323 e. The lowest BCUT2D eigenvalue weighted by Gasteiger charge is -2.32. The van der Waals surface area contributed by atoms with Crippen molar-refractivity contribution in [2.24, 2.45) is 0 Å². The van der Waals surface area contributed by atoms with E-state index in [1.807, 2.05) is 38.1 Å². The molecule has 4 rings (SSSR count). The molecule has 6 nitrogen and oxygen atoms in total. The number of aromatic nitrogens is 3. The van der Waals surface area contributed by atoms with Crippen LogP contribution in [0.2, 0.25) is 0 Å². The molecule has 2 N–H and O–H groups in total. The molecule has 9 heteroatoms. The molecule has 1 aliphatic rings. The second-order valence-corrected chi connectivity index (χ2v) is 8.56. The topological polar surface area (TPSA) is 71.8 Å². The van der Waals surface area contributed by atoms with Gasteiger partial charge in [-0.2, -0.15) is 0 Å². The third kappa shape index (κ3) is 3.64. The number of hydrogen-bond donors (Lipinski definition) is 2. The van der Waals surface area contributed by atoms with E-state index in [1.165, 1.54) is 23.9 Å². The Balaban J connectivity index is 1.67. The summed E-state index contributed by atoms with van der Waals surface area (Å²) in [5, 5.41) is 10.9. The van der Waals surface area contributed by atoms with Gasteiger partial charge in [0.1, 0.15) is 16.9 Å². The molecule has 0 fully saturated rings. The molecule has 28 heavy (non-hydrogen) atoms. The Hall–Kier alpha value is -2.39. The molecule has 2 atom stereocenters. The highest BCUT2D eigenvalue weighted by atomic mass is 79.9. The van der Waals surface area contributed by atoms with Crippen molar-refractivity contribution in [3.05, 3.63) is 69.7 Å². The SMILES string of the molecule is Cc1ccc([C@H]2Nn3c(C)nnc3S[C@H]2C(=O)Nc2ccc(Br)cc2F)cc1. The molecule has 0 spiro atoms. The number of amides is 1. The molecule has 0 aliphatic carbocycles. The normalized spacial score (nSPS) is 18.3. The number of thioether (sulfide) groups is 1. The first-order valence-electron chi connectivity index (χ1n) is 8.60. The van der Waals surface area contributed by atoms with Gasteiger partial charge in [0.2, 0.25) is 11.1 Å². The molecule has 0 radical (unpaired) electrons. The Kier molecular flexibility index (Phi) is 5.11. The van der Waals surface area contributed by atoms with Gasteiger partial charge in [-0.1, -0.05) is 57.5 Å². The maximum Gasteiger partial charge on any atom is 0.240 e. The van der Waals surface area contributed by atoms with Gasteiger partial charge in [-0.15, -0.1) is 10.2 Å². The molecule has 0 unspecified atom stereocenters. The number of aryl methyl sites for hydroxylation is 2. The number of hydrogen-bond acceptors (Lipinski definition) is 5. The first-order chi connectivity index (χ1) is 13.4. The number of carbonyl (C=O) groups is 1. The number of fused-ring (bicyclic) bond motifs is 1. The van der Waals surface area contributed by atoms with Crippen LogP contribution in [0.5, 0.6) is 0 Å². The average Bonchev–Trinajstić information content (AvgIpc) is 3.04. The Labute approximate surface area is 174 Å².